The molecule has 0 bridgehead atoms. The smallest absolute Gasteiger partial charge is 0.118 e. The monoisotopic (exact) mass is 656 g/mol. The second kappa shape index (κ2) is 14.4. The number of rotatable bonds is 10. The lowest BCUT2D eigenvalue weighted by molar-refractivity contribution is 0.414. The quantitative estimate of drug-likeness (QED) is 0.146. The third-order valence-corrected chi connectivity index (χ3v) is 8.92. The molecular weight excluding hydrogens is 620 g/mol. The van der Waals surface area contributed by atoms with E-state index in [1.807, 2.05) is 73.1 Å². The predicted molar refractivity (Wildman–Crippen MR) is 201 cm³/mol. The van der Waals surface area contributed by atoms with Crippen LogP contribution in [-0.4, -0.2) is 38.4 Å². The lowest BCUT2D eigenvalue weighted by atomic mass is 9.74. The number of hydrogen-bond acceptors (Lipinski definition) is 6. The zero-order valence-corrected chi connectivity index (χ0v) is 28.4. The summed E-state index contributed by atoms with van der Waals surface area (Å²) in [5, 5.41) is 0. The molecule has 0 atom stereocenters. The van der Waals surface area contributed by atoms with E-state index in [2.05, 4.69) is 70.6 Å². The Morgan fingerprint density at radius 2 is 0.540 bits per heavy atom. The molecule has 2 heterocycles. The lowest BCUT2D eigenvalue weighted by Crippen LogP contribution is -2.02. The molecule has 7 rings (SSSR count). The molecule has 2 aromatic heterocycles. The van der Waals surface area contributed by atoms with Crippen LogP contribution in [0.5, 0.6) is 23.0 Å². The Labute approximate surface area is 292 Å². The van der Waals surface area contributed by atoms with Gasteiger partial charge in [-0.15, -0.1) is 0 Å². The summed E-state index contributed by atoms with van der Waals surface area (Å²) in [4.78, 5) is 9.25. The maximum atomic E-state index is 5.62. The summed E-state index contributed by atoms with van der Waals surface area (Å²) >= 11 is 0. The van der Waals surface area contributed by atoms with Crippen LogP contribution < -0.4 is 18.9 Å². The number of nitrogens with zero attached hydrogens (tertiary/aromatic N) is 2. The van der Waals surface area contributed by atoms with Gasteiger partial charge in [-0.2, -0.15) is 0 Å². The summed E-state index contributed by atoms with van der Waals surface area (Å²) in [5.41, 5.74) is 12.3. The normalized spacial score (nSPS) is 10.8. The van der Waals surface area contributed by atoms with Gasteiger partial charge in [-0.05, 0) is 105 Å². The van der Waals surface area contributed by atoms with Gasteiger partial charge in [0.25, 0.3) is 0 Å². The number of ether oxygens (including phenoxy) is 4. The lowest BCUT2D eigenvalue weighted by Gasteiger charge is -2.28. The molecule has 0 N–H and O–H groups in total. The van der Waals surface area contributed by atoms with Crippen LogP contribution in [-0.2, 0) is 0 Å². The molecule has 0 amide bonds. The van der Waals surface area contributed by atoms with Gasteiger partial charge < -0.3 is 18.9 Å². The van der Waals surface area contributed by atoms with Gasteiger partial charge in [0.1, 0.15) is 23.0 Å². The Morgan fingerprint density at radius 3 is 0.740 bits per heavy atom. The second-order valence-corrected chi connectivity index (χ2v) is 11.6. The fourth-order valence-corrected chi connectivity index (χ4v) is 6.53. The first-order valence-electron chi connectivity index (χ1n) is 16.3. The van der Waals surface area contributed by atoms with Crippen molar-refractivity contribution in [2.24, 2.45) is 0 Å². The average molecular weight is 657 g/mol. The van der Waals surface area contributed by atoms with Crippen LogP contribution in [0.25, 0.3) is 66.8 Å². The van der Waals surface area contributed by atoms with Crippen molar-refractivity contribution in [2.75, 3.05) is 28.4 Å². The first kappa shape index (κ1) is 32.2. The van der Waals surface area contributed by atoms with E-state index < -0.39 is 0 Å². The van der Waals surface area contributed by atoms with Crippen molar-refractivity contribution in [3.05, 3.63) is 146 Å². The Morgan fingerprint density at radius 1 is 0.300 bits per heavy atom. The number of pyridine rings is 2. The number of benzene rings is 5. The van der Waals surface area contributed by atoms with Crippen molar-refractivity contribution >= 4 is 0 Å². The van der Waals surface area contributed by atoms with Crippen LogP contribution in [0.15, 0.2) is 146 Å². The Balaban J connectivity index is 1.77. The van der Waals surface area contributed by atoms with Crippen molar-refractivity contribution in [3.63, 3.8) is 0 Å². The topological polar surface area (TPSA) is 62.7 Å². The Hall–Kier alpha value is -6.40. The second-order valence-electron chi connectivity index (χ2n) is 11.6. The highest BCUT2D eigenvalue weighted by atomic mass is 16.5. The van der Waals surface area contributed by atoms with Crippen LogP contribution in [0.4, 0.5) is 0 Å². The third-order valence-electron chi connectivity index (χ3n) is 8.92. The van der Waals surface area contributed by atoms with Gasteiger partial charge in [0, 0.05) is 47.0 Å². The number of aromatic nitrogens is 2. The molecule has 0 radical (unpaired) electrons. The van der Waals surface area contributed by atoms with Crippen molar-refractivity contribution in [2.45, 2.75) is 0 Å². The van der Waals surface area contributed by atoms with Crippen LogP contribution in [0.2, 0.25) is 0 Å². The molecule has 5 aromatic carbocycles. The molecule has 6 nitrogen and oxygen atoms in total. The summed E-state index contributed by atoms with van der Waals surface area (Å²) < 4.78 is 22.5. The van der Waals surface area contributed by atoms with Crippen molar-refractivity contribution in [1.82, 2.24) is 9.97 Å². The number of hydrogen-bond donors (Lipinski definition) is 0. The van der Waals surface area contributed by atoms with Crippen LogP contribution in [0.1, 0.15) is 0 Å². The third kappa shape index (κ3) is 6.15. The molecule has 50 heavy (non-hydrogen) atoms. The molecule has 0 aliphatic carbocycles. The van der Waals surface area contributed by atoms with Crippen LogP contribution >= 0.6 is 0 Å². The van der Waals surface area contributed by atoms with Gasteiger partial charge in [-0.3, -0.25) is 9.97 Å². The van der Waals surface area contributed by atoms with Crippen molar-refractivity contribution in [1.29, 1.82) is 0 Å². The highest BCUT2D eigenvalue weighted by Gasteiger charge is 2.29. The minimum absolute atomic E-state index is 0.778. The van der Waals surface area contributed by atoms with Gasteiger partial charge in [-0.1, -0.05) is 60.7 Å². The molecule has 0 aliphatic heterocycles. The minimum atomic E-state index is 0.778. The Kier molecular flexibility index (Phi) is 9.25. The largest absolute Gasteiger partial charge is 0.497 e. The first-order valence-corrected chi connectivity index (χ1v) is 16.3. The standard InChI is InChI=1S/C44H36N2O4/c1-47-35-17-9-29(10-18-35)39-40(30-11-19-36(48-2)20-12-30)42(32-15-23-38(50-4)24-16-32)44(34-8-6-26-46-28-34)43(33-7-5-25-45-27-33)41(39)31-13-21-37(49-3)22-14-31/h5-28H,1-4H3. The van der Waals surface area contributed by atoms with Gasteiger partial charge >= 0.3 is 0 Å². The van der Waals surface area contributed by atoms with Gasteiger partial charge in [0.2, 0.25) is 0 Å². The molecule has 6 heteroatoms. The molecule has 7 aromatic rings. The minimum Gasteiger partial charge on any atom is -0.497 e. The number of methoxy groups -OCH3 is 4. The summed E-state index contributed by atoms with van der Waals surface area (Å²) in [5.74, 6) is 3.11. The summed E-state index contributed by atoms with van der Waals surface area (Å²) in [6, 6.07) is 41.3. The zero-order chi connectivity index (χ0) is 34.5. The van der Waals surface area contributed by atoms with E-state index in [0.717, 1.165) is 89.8 Å². The maximum absolute atomic E-state index is 5.62. The SMILES string of the molecule is COc1ccc(-c2c(-c3ccc(OC)cc3)c(-c3ccc(OC)cc3)c(-c3cccnc3)c(-c3cccnc3)c2-c2ccc(OC)cc2)cc1. The van der Waals surface area contributed by atoms with E-state index in [9.17, 15) is 0 Å². The molecule has 0 aliphatic rings. The summed E-state index contributed by atoms with van der Waals surface area (Å²) in [7, 11) is 6.74. The van der Waals surface area contributed by atoms with E-state index in [-0.39, 0.29) is 0 Å². The molecule has 0 unspecified atom stereocenters. The Bertz CT molecular complexity index is 2040. The molecule has 0 saturated carbocycles. The van der Waals surface area contributed by atoms with Crippen molar-refractivity contribution in [3.8, 4) is 89.8 Å². The van der Waals surface area contributed by atoms with E-state index in [0.29, 0.717) is 0 Å². The fraction of sp³-hybridized carbons (Fsp3) is 0.0909. The molecule has 0 saturated heterocycles. The van der Waals surface area contributed by atoms with Gasteiger partial charge in [0.05, 0.1) is 28.4 Å². The van der Waals surface area contributed by atoms with E-state index in [1.54, 1.807) is 40.8 Å². The summed E-state index contributed by atoms with van der Waals surface area (Å²) in [6.45, 7) is 0. The van der Waals surface area contributed by atoms with E-state index in [1.165, 1.54) is 0 Å². The van der Waals surface area contributed by atoms with E-state index in [4.69, 9.17) is 18.9 Å². The van der Waals surface area contributed by atoms with Crippen LogP contribution in [0.3, 0.4) is 0 Å². The highest BCUT2D eigenvalue weighted by molar-refractivity contribution is 6.15. The summed E-state index contributed by atoms with van der Waals surface area (Å²) in [6.07, 6.45) is 7.48. The molecule has 0 fully saturated rings. The fourth-order valence-electron chi connectivity index (χ4n) is 6.53. The first-order chi connectivity index (χ1) is 24.6. The molecular formula is C44H36N2O4. The van der Waals surface area contributed by atoms with Gasteiger partial charge in [-0.25, -0.2) is 0 Å². The van der Waals surface area contributed by atoms with Crippen molar-refractivity contribution < 1.29 is 18.9 Å². The predicted octanol–water partition coefficient (Wildman–Crippen LogP) is 10.5. The van der Waals surface area contributed by atoms with E-state index >= 15 is 0 Å². The van der Waals surface area contributed by atoms with Gasteiger partial charge in [0.15, 0.2) is 0 Å². The molecule has 0 spiro atoms. The average Bonchev–Trinajstić information content (AvgIpc) is 3.20. The zero-order valence-electron chi connectivity index (χ0n) is 28.4. The maximum Gasteiger partial charge on any atom is 0.118 e. The van der Waals surface area contributed by atoms with Crippen LogP contribution in [0, 0.1) is 0 Å². The molecule has 246 valence electrons. The highest BCUT2D eigenvalue weighted by Crippen LogP contribution is 2.56.